The first kappa shape index (κ1) is 14.6. The summed E-state index contributed by atoms with van der Waals surface area (Å²) < 4.78 is 37.7. The van der Waals surface area contributed by atoms with Crippen molar-refractivity contribution in [2.75, 3.05) is 5.32 Å². The van der Waals surface area contributed by atoms with Gasteiger partial charge in [-0.25, -0.2) is 12.8 Å². The molecule has 3 aromatic rings. The van der Waals surface area contributed by atoms with E-state index in [1.807, 2.05) is 0 Å². The van der Waals surface area contributed by atoms with Gasteiger partial charge in [-0.1, -0.05) is 11.3 Å². The topological polar surface area (TPSA) is 72.0 Å². The third kappa shape index (κ3) is 2.97. The molecule has 8 heteroatoms. The van der Waals surface area contributed by atoms with E-state index in [0.29, 0.717) is 10.8 Å². The maximum atomic E-state index is 12.9. The van der Waals surface area contributed by atoms with E-state index in [0.717, 1.165) is 12.1 Å². The zero-order valence-corrected chi connectivity index (χ0v) is 12.7. The van der Waals surface area contributed by atoms with E-state index in [1.54, 1.807) is 17.6 Å². The predicted molar refractivity (Wildman–Crippen MR) is 81.5 cm³/mol. The number of sulfone groups is 1. The summed E-state index contributed by atoms with van der Waals surface area (Å²) in [6.07, 6.45) is 0. The molecule has 1 N–H and O–H groups in total. The van der Waals surface area contributed by atoms with E-state index in [4.69, 9.17) is 0 Å². The second-order valence-electron chi connectivity index (χ2n) is 4.35. The van der Waals surface area contributed by atoms with E-state index in [1.165, 1.54) is 35.6 Å². The lowest BCUT2D eigenvalue weighted by atomic mass is 10.3. The summed E-state index contributed by atoms with van der Waals surface area (Å²) in [5, 5.41) is 11.2. The van der Waals surface area contributed by atoms with Crippen molar-refractivity contribution in [3.63, 3.8) is 0 Å². The molecule has 0 saturated carbocycles. The van der Waals surface area contributed by atoms with Crippen molar-refractivity contribution in [2.45, 2.75) is 9.79 Å². The number of anilines is 2. The van der Waals surface area contributed by atoms with Gasteiger partial charge in [0.2, 0.25) is 15.0 Å². The Balaban J connectivity index is 1.87. The number of nitrogens with one attached hydrogen (secondary N) is 1. The first-order chi connectivity index (χ1) is 10.6. The number of benzene rings is 2. The Kier molecular flexibility index (Phi) is 3.86. The van der Waals surface area contributed by atoms with E-state index < -0.39 is 15.7 Å². The molecular weight excluding hydrogens is 325 g/mol. The van der Waals surface area contributed by atoms with Crippen LogP contribution in [0.25, 0.3) is 0 Å². The summed E-state index contributed by atoms with van der Waals surface area (Å²) in [6, 6.07) is 11.0. The van der Waals surface area contributed by atoms with Crippen LogP contribution in [0.15, 0.2) is 63.8 Å². The van der Waals surface area contributed by atoms with Gasteiger partial charge < -0.3 is 5.32 Å². The molecule has 2 aromatic carbocycles. The van der Waals surface area contributed by atoms with Gasteiger partial charge in [-0.15, -0.1) is 10.2 Å². The lowest BCUT2D eigenvalue weighted by Crippen LogP contribution is -2.02. The second kappa shape index (κ2) is 5.82. The fourth-order valence-electron chi connectivity index (χ4n) is 1.82. The Labute approximate surface area is 130 Å². The van der Waals surface area contributed by atoms with Crippen molar-refractivity contribution in [2.24, 2.45) is 0 Å². The third-order valence-corrected chi connectivity index (χ3v) is 5.29. The molecule has 1 aromatic heterocycles. The molecule has 0 aliphatic rings. The highest BCUT2D eigenvalue weighted by Crippen LogP contribution is 2.24. The number of rotatable bonds is 4. The Bertz CT molecular complexity index is 861. The van der Waals surface area contributed by atoms with Crippen LogP contribution in [0, 0.1) is 5.82 Å². The molecule has 1 heterocycles. The second-order valence-corrected chi connectivity index (χ2v) is 7.13. The van der Waals surface area contributed by atoms with Crippen molar-refractivity contribution >= 4 is 32.0 Å². The van der Waals surface area contributed by atoms with Crippen LogP contribution in [0.5, 0.6) is 0 Å². The van der Waals surface area contributed by atoms with Gasteiger partial charge in [0.05, 0.1) is 9.79 Å². The van der Waals surface area contributed by atoms with Crippen LogP contribution in [-0.2, 0) is 9.84 Å². The van der Waals surface area contributed by atoms with Gasteiger partial charge in [0.1, 0.15) is 11.3 Å². The minimum Gasteiger partial charge on any atom is -0.330 e. The summed E-state index contributed by atoms with van der Waals surface area (Å²) in [6.45, 7) is 0. The van der Waals surface area contributed by atoms with Gasteiger partial charge in [0.25, 0.3) is 0 Å². The molecule has 5 nitrogen and oxygen atoms in total. The Hall–Kier alpha value is -2.32. The molecule has 0 bridgehead atoms. The van der Waals surface area contributed by atoms with Crippen molar-refractivity contribution in [1.82, 2.24) is 10.2 Å². The number of aromatic nitrogens is 2. The molecule has 0 unspecified atom stereocenters. The number of halogens is 1. The van der Waals surface area contributed by atoms with Crippen LogP contribution in [-0.4, -0.2) is 18.6 Å². The molecule has 3 rings (SSSR count). The van der Waals surface area contributed by atoms with Crippen molar-refractivity contribution in [3.8, 4) is 0 Å². The molecule has 0 atom stereocenters. The average Bonchev–Trinajstić information content (AvgIpc) is 3.01. The number of nitrogens with zero attached hydrogens (tertiary/aromatic N) is 2. The lowest BCUT2D eigenvalue weighted by molar-refractivity contribution is 0.595. The minimum atomic E-state index is -3.65. The van der Waals surface area contributed by atoms with Crippen molar-refractivity contribution in [3.05, 3.63) is 59.9 Å². The summed E-state index contributed by atoms with van der Waals surface area (Å²) >= 11 is 1.34. The molecule has 0 fully saturated rings. The van der Waals surface area contributed by atoms with Crippen LogP contribution >= 0.6 is 11.3 Å². The molecule has 22 heavy (non-hydrogen) atoms. The Morgan fingerprint density at radius 2 is 1.55 bits per heavy atom. The molecular formula is C14H10FN3O2S2. The van der Waals surface area contributed by atoms with Crippen molar-refractivity contribution in [1.29, 1.82) is 0 Å². The maximum Gasteiger partial charge on any atom is 0.209 e. The van der Waals surface area contributed by atoms with Gasteiger partial charge in [-0.2, -0.15) is 0 Å². The van der Waals surface area contributed by atoms with Gasteiger partial charge >= 0.3 is 0 Å². The van der Waals surface area contributed by atoms with Crippen molar-refractivity contribution < 1.29 is 12.8 Å². The summed E-state index contributed by atoms with van der Waals surface area (Å²) in [5.41, 5.74) is 2.30. The van der Waals surface area contributed by atoms with Gasteiger partial charge in [0.15, 0.2) is 0 Å². The summed E-state index contributed by atoms with van der Waals surface area (Å²) in [5.74, 6) is -0.476. The zero-order chi connectivity index (χ0) is 15.6. The molecule has 0 radical (unpaired) electrons. The number of hydrogen-bond donors (Lipinski definition) is 1. The highest BCUT2D eigenvalue weighted by Gasteiger charge is 2.17. The number of hydrogen-bond acceptors (Lipinski definition) is 6. The predicted octanol–water partition coefficient (Wildman–Crippen LogP) is 3.25. The first-order valence-corrected chi connectivity index (χ1v) is 8.56. The van der Waals surface area contributed by atoms with E-state index in [-0.39, 0.29) is 9.79 Å². The molecule has 0 aliphatic carbocycles. The quantitative estimate of drug-likeness (QED) is 0.741. The first-order valence-electron chi connectivity index (χ1n) is 6.19. The van der Waals surface area contributed by atoms with Crippen LogP contribution in [0.1, 0.15) is 0 Å². The fourth-order valence-corrected chi connectivity index (χ4v) is 3.54. The Morgan fingerprint density at radius 3 is 2.09 bits per heavy atom. The van der Waals surface area contributed by atoms with Crippen LogP contribution in [0.3, 0.4) is 0 Å². The highest BCUT2D eigenvalue weighted by atomic mass is 32.2. The SMILES string of the molecule is O=S(=O)(c1ccc(F)cc1)c1ccc(Nc2nncs2)cc1. The zero-order valence-electron chi connectivity index (χ0n) is 11.1. The van der Waals surface area contributed by atoms with E-state index in [2.05, 4.69) is 15.5 Å². The van der Waals surface area contributed by atoms with Gasteiger partial charge in [0, 0.05) is 5.69 Å². The lowest BCUT2D eigenvalue weighted by Gasteiger charge is -2.06. The van der Waals surface area contributed by atoms with Crippen LogP contribution in [0.4, 0.5) is 15.2 Å². The minimum absolute atomic E-state index is 0.0544. The smallest absolute Gasteiger partial charge is 0.209 e. The molecule has 0 amide bonds. The molecule has 112 valence electrons. The highest BCUT2D eigenvalue weighted by molar-refractivity contribution is 7.91. The summed E-state index contributed by atoms with van der Waals surface area (Å²) in [4.78, 5) is 0.195. The maximum absolute atomic E-state index is 12.9. The van der Waals surface area contributed by atoms with Gasteiger partial charge in [-0.3, -0.25) is 0 Å². The van der Waals surface area contributed by atoms with Crippen LogP contribution in [0.2, 0.25) is 0 Å². The largest absolute Gasteiger partial charge is 0.330 e. The molecule has 0 aliphatic heterocycles. The van der Waals surface area contributed by atoms with E-state index in [9.17, 15) is 12.8 Å². The standard InChI is InChI=1S/C14H10FN3O2S2/c15-10-1-5-12(6-2-10)22(19,20)13-7-3-11(4-8-13)17-14-18-16-9-21-14/h1-9H,(H,17,18). The Morgan fingerprint density at radius 1 is 0.955 bits per heavy atom. The normalized spacial score (nSPS) is 11.3. The van der Waals surface area contributed by atoms with E-state index >= 15 is 0 Å². The van der Waals surface area contributed by atoms with Crippen LogP contribution < -0.4 is 5.32 Å². The fraction of sp³-hybridized carbons (Fsp3) is 0. The third-order valence-electron chi connectivity index (χ3n) is 2.90. The van der Waals surface area contributed by atoms with Gasteiger partial charge in [-0.05, 0) is 48.5 Å². The average molecular weight is 335 g/mol. The molecule has 0 spiro atoms. The molecule has 0 saturated heterocycles. The monoisotopic (exact) mass is 335 g/mol. The summed E-state index contributed by atoms with van der Waals surface area (Å²) in [7, 11) is -3.65.